The number of hydrogen-bond acceptors (Lipinski definition) is 13. The molecule has 0 spiro atoms. The average Bonchev–Trinajstić information content (AvgIpc) is 1.52. The van der Waals surface area contributed by atoms with Crippen molar-refractivity contribution >= 4 is 45.9 Å². The van der Waals surface area contributed by atoms with E-state index < -0.39 is 40.5 Å². The van der Waals surface area contributed by atoms with Gasteiger partial charge in [0.05, 0.1) is 35.4 Å². The Hall–Kier alpha value is -10.5. The molecule has 9 aromatic rings. The number of rotatable bonds is 14. The van der Waals surface area contributed by atoms with Gasteiger partial charge in [-0.05, 0) is 120 Å². The summed E-state index contributed by atoms with van der Waals surface area (Å²) in [5.41, 5.74) is 6.53. The maximum absolute atomic E-state index is 17.3. The summed E-state index contributed by atoms with van der Waals surface area (Å²) in [6, 6.07) is 40.6. The molecule has 0 saturated heterocycles. The molecule has 2 aliphatic heterocycles. The number of fused-ring (bicyclic) bond motifs is 2. The fourth-order valence-electron chi connectivity index (χ4n) is 13.3. The summed E-state index contributed by atoms with van der Waals surface area (Å²) in [6.45, 7) is 12.6. The van der Waals surface area contributed by atoms with Crippen LogP contribution in [-0.4, -0.2) is 47.2 Å². The second-order valence-electron chi connectivity index (χ2n) is 24.9. The van der Waals surface area contributed by atoms with Crippen LogP contribution in [0.15, 0.2) is 191 Å². The Kier molecular flexibility index (Phi) is 14.9. The van der Waals surface area contributed by atoms with E-state index in [0.717, 1.165) is 22.4 Å². The van der Waals surface area contributed by atoms with Gasteiger partial charge in [0, 0.05) is 84.5 Å². The first-order valence-corrected chi connectivity index (χ1v) is 29.8. The normalized spacial score (nSPS) is 18.6. The number of nitrogens with one attached hydrogen (secondary N) is 2. The summed E-state index contributed by atoms with van der Waals surface area (Å²) in [5.74, 6) is -1.80. The maximum Gasteiger partial charge on any atom is 0.279 e. The van der Waals surface area contributed by atoms with E-state index in [0.29, 0.717) is 64.0 Å². The number of aromatic hydroxyl groups is 2. The van der Waals surface area contributed by atoms with Gasteiger partial charge in [-0.1, -0.05) is 94.1 Å². The van der Waals surface area contributed by atoms with E-state index in [-0.39, 0.29) is 101 Å². The number of hydrogen-bond donors (Lipinski definition) is 4. The van der Waals surface area contributed by atoms with E-state index in [2.05, 4.69) is 22.3 Å². The third-order valence-corrected chi connectivity index (χ3v) is 17.5. The van der Waals surface area contributed by atoms with E-state index >= 15 is 18.4 Å². The molecule has 13 rings (SSSR count). The number of halogens is 2. The molecule has 0 saturated carbocycles. The summed E-state index contributed by atoms with van der Waals surface area (Å²) in [4.78, 5) is 48.5. The molecule has 90 heavy (non-hydrogen) atoms. The summed E-state index contributed by atoms with van der Waals surface area (Å²) in [5, 5.41) is 39.2. The first-order chi connectivity index (χ1) is 43.2. The Balaban J connectivity index is 0.805. The van der Waals surface area contributed by atoms with Crippen LogP contribution in [-0.2, 0) is 43.3 Å². The average molecular weight is 1210 g/mol. The molecule has 3 atom stereocenters. The number of aryl methyl sites for hydroxylation is 3. The van der Waals surface area contributed by atoms with Crippen molar-refractivity contribution in [2.45, 2.75) is 85.1 Å². The van der Waals surface area contributed by atoms with Gasteiger partial charge in [0.25, 0.3) is 5.91 Å². The summed E-state index contributed by atoms with van der Waals surface area (Å²) in [6.07, 6.45) is 2.83. The summed E-state index contributed by atoms with van der Waals surface area (Å²) < 4.78 is 55.9. The molecule has 2 aliphatic carbocycles. The van der Waals surface area contributed by atoms with E-state index in [1.807, 2.05) is 95.4 Å². The van der Waals surface area contributed by atoms with Crippen LogP contribution in [0.2, 0.25) is 0 Å². The highest BCUT2D eigenvalue weighted by Gasteiger charge is 2.48. The van der Waals surface area contributed by atoms with Crippen molar-refractivity contribution in [1.29, 1.82) is 0 Å². The third kappa shape index (κ3) is 11.0. The van der Waals surface area contributed by atoms with Crippen LogP contribution in [0.4, 0.5) is 31.5 Å². The van der Waals surface area contributed by atoms with Crippen LogP contribution in [0.1, 0.15) is 108 Å². The molecule has 456 valence electrons. The number of Topliss-reactive ketones (excluding diaryl/α,β-unsaturated/α-hetero) is 2. The van der Waals surface area contributed by atoms with Crippen molar-refractivity contribution in [3.63, 3.8) is 0 Å². The molecule has 3 unspecified atom stereocenters. The number of phenols is 2. The largest absolute Gasteiger partial charge is 0.506 e. The van der Waals surface area contributed by atoms with Gasteiger partial charge >= 0.3 is 0 Å². The number of anilines is 4. The van der Waals surface area contributed by atoms with Crippen molar-refractivity contribution < 1.29 is 47.3 Å². The highest BCUT2D eigenvalue weighted by atomic mass is 19.1. The quantitative estimate of drug-likeness (QED) is 0.0754. The molecular formula is C72H66F2N8O8. The van der Waals surface area contributed by atoms with Crippen molar-refractivity contribution in [2.75, 3.05) is 20.4 Å². The molecular weight excluding hydrogens is 1140 g/mol. The predicted molar refractivity (Wildman–Crippen MR) is 339 cm³/mol. The zero-order valence-corrected chi connectivity index (χ0v) is 50.6. The van der Waals surface area contributed by atoms with Gasteiger partial charge < -0.3 is 39.6 Å². The molecule has 5 heterocycles. The molecule has 0 fully saturated rings. The van der Waals surface area contributed by atoms with Gasteiger partial charge in [-0.25, -0.2) is 8.78 Å². The topological polar surface area (TPSA) is 189 Å². The van der Waals surface area contributed by atoms with E-state index in [4.69, 9.17) is 19.0 Å². The second-order valence-corrected chi connectivity index (χ2v) is 24.9. The van der Waals surface area contributed by atoms with Crippen LogP contribution in [0.25, 0.3) is 17.2 Å². The van der Waals surface area contributed by atoms with Crippen LogP contribution >= 0.6 is 0 Å². The molecule has 4 aliphatic rings. The lowest BCUT2D eigenvalue weighted by molar-refractivity contribution is -0.119. The number of aromatic nitrogens is 4. The molecule has 16 nitrogen and oxygen atoms in total. The SMILES string of the molecule is C=C(c1cc(C)n(C)n1)N1c2cccc(O)c2NC2=C(C(=O)CC(C)(C)C2)C1c1ccc(OCc2cccc(CC3(C)CC(=O)C4=C(C3)Nc3c(O)cccc3N(C(=O)c3cc(-c5ccco5)n(C)n3)C4c3ccc(OCc4ccccc4)cc3F)c2)cc1F. The first-order valence-electron chi connectivity index (χ1n) is 29.8. The number of allylic oxidation sites excluding steroid dienone is 2. The van der Waals surface area contributed by atoms with Gasteiger partial charge in [-0.2, -0.15) is 10.2 Å². The molecule has 3 aromatic heterocycles. The lowest BCUT2D eigenvalue weighted by atomic mass is 9.69. The maximum atomic E-state index is 17.3. The van der Waals surface area contributed by atoms with Crippen molar-refractivity contribution in [3.8, 4) is 34.5 Å². The summed E-state index contributed by atoms with van der Waals surface area (Å²) >= 11 is 0. The number of furan rings is 1. The number of ketones is 2. The fraction of sp³-hybridized carbons (Fsp3) is 0.236. The fourth-order valence-corrected chi connectivity index (χ4v) is 13.3. The Labute approximate surface area is 519 Å². The number of para-hydroxylation sites is 2. The van der Waals surface area contributed by atoms with E-state index in [9.17, 15) is 15.0 Å². The van der Waals surface area contributed by atoms with Crippen LogP contribution in [0.5, 0.6) is 23.0 Å². The first kappa shape index (κ1) is 58.5. The van der Waals surface area contributed by atoms with Crippen molar-refractivity contribution in [1.82, 2.24) is 19.6 Å². The number of carbonyl (C=O) groups excluding carboxylic acids is 3. The minimum absolute atomic E-state index is 0.00464. The number of carbonyl (C=O) groups is 3. The Morgan fingerprint density at radius 3 is 1.81 bits per heavy atom. The standard InChI is InChI=1S/C72H66F2N8O8/c1-41-29-52(77-79(41)6)42(2)81-56-19-12-21-59(83)66(56)75-54-35-71(3,4)37-61(85)64(54)68(81)48-26-24-47(32-50(48)73)90-40-45-18-11-17-44(30-45)34-72(5)36-55-65(62(86)38-72)69(49-27-25-46(31-51(49)74)89-39-43-15-9-8-10-16-43)82(57-20-13-22-60(84)67(57)76-55)70(87)53-33-58(80(7)78-53)63-23-14-28-88-63/h8-33,68-69,75-76,83-84H,2,34-40H2,1,3-7H3. The predicted octanol–water partition coefficient (Wildman–Crippen LogP) is 14.5. The van der Waals surface area contributed by atoms with Gasteiger partial charge in [0.15, 0.2) is 23.0 Å². The minimum atomic E-state index is -1.35. The zero-order valence-electron chi connectivity index (χ0n) is 50.6. The van der Waals surface area contributed by atoms with E-state index in [1.165, 1.54) is 40.1 Å². The highest BCUT2D eigenvalue weighted by Crippen LogP contribution is 2.55. The van der Waals surface area contributed by atoms with Gasteiger partial charge in [0.2, 0.25) is 0 Å². The highest BCUT2D eigenvalue weighted by molar-refractivity contribution is 6.12. The van der Waals surface area contributed by atoms with Gasteiger partial charge in [-0.3, -0.25) is 28.6 Å². The molecule has 0 bridgehead atoms. The lowest BCUT2D eigenvalue weighted by Crippen LogP contribution is -2.41. The Bertz CT molecular complexity index is 4430. The lowest BCUT2D eigenvalue weighted by Gasteiger charge is -2.39. The smallest absolute Gasteiger partial charge is 0.279 e. The number of amides is 1. The Morgan fingerprint density at radius 2 is 1.20 bits per heavy atom. The minimum Gasteiger partial charge on any atom is -0.506 e. The second kappa shape index (κ2) is 22.9. The molecule has 0 radical (unpaired) electrons. The molecule has 1 amide bonds. The number of phenolic OH excluding ortho intramolecular Hbond substituents is 2. The van der Waals surface area contributed by atoms with Crippen LogP contribution in [0.3, 0.4) is 0 Å². The number of nitrogens with zero attached hydrogens (tertiary/aromatic N) is 6. The number of benzene rings is 6. The molecule has 6 aromatic carbocycles. The van der Waals surface area contributed by atoms with Gasteiger partial charge in [0.1, 0.15) is 70.6 Å². The van der Waals surface area contributed by atoms with Crippen molar-refractivity contribution in [2.24, 2.45) is 24.9 Å². The summed E-state index contributed by atoms with van der Waals surface area (Å²) in [7, 11) is 3.49. The number of ether oxygens (including phenoxy) is 2. The monoisotopic (exact) mass is 1210 g/mol. The van der Waals surface area contributed by atoms with Crippen LogP contribution in [0, 0.1) is 29.4 Å². The van der Waals surface area contributed by atoms with Crippen LogP contribution < -0.4 is 29.9 Å². The molecule has 4 N–H and O–H groups in total. The molecule has 18 heteroatoms. The third-order valence-electron chi connectivity index (χ3n) is 17.5. The van der Waals surface area contributed by atoms with Gasteiger partial charge in [-0.15, -0.1) is 0 Å². The zero-order chi connectivity index (χ0) is 62.9. The van der Waals surface area contributed by atoms with Crippen molar-refractivity contribution in [3.05, 3.63) is 244 Å². The van der Waals surface area contributed by atoms with E-state index in [1.54, 1.807) is 83.4 Å². The Morgan fingerprint density at radius 1 is 0.633 bits per heavy atom.